The van der Waals surface area contributed by atoms with Crippen molar-refractivity contribution in [2.75, 3.05) is 5.88 Å². The molecule has 0 aliphatic carbocycles. The highest BCUT2D eigenvalue weighted by Gasteiger charge is 1.88. The summed E-state index contributed by atoms with van der Waals surface area (Å²) in [4.78, 5) is 0. The van der Waals surface area contributed by atoms with E-state index in [-0.39, 0.29) is 0 Å². The molecule has 2 heteroatoms. The molecule has 0 saturated heterocycles. The minimum Gasteiger partial charge on any atom is -0.122 e. The Morgan fingerprint density at radius 2 is 1.75 bits per heavy atom. The molecular weight excluding hydrogens is 191 g/mol. The second-order valence-corrected chi connectivity index (χ2v) is 3.20. The van der Waals surface area contributed by atoms with Crippen molar-refractivity contribution in [2.45, 2.75) is 6.42 Å². The van der Waals surface area contributed by atoms with Crippen molar-refractivity contribution in [1.29, 1.82) is 0 Å². The van der Waals surface area contributed by atoms with Crippen molar-refractivity contribution >= 4 is 23.2 Å². The molecule has 0 amide bonds. The molecule has 0 unspecified atom stereocenters. The summed E-state index contributed by atoms with van der Waals surface area (Å²) in [5.41, 5.74) is 1.25. The maximum Gasteiger partial charge on any atom is 0.0406 e. The number of allylic oxidation sites excluding steroid dienone is 2. The zero-order valence-electron chi connectivity index (χ0n) is 6.63. The molecule has 1 aromatic rings. The first-order chi connectivity index (χ1) is 5.83. The van der Waals surface area contributed by atoms with E-state index in [4.69, 9.17) is 23.2 Å². The van der Waals surface area contributed by atoms with Crippen molar-refractivity contribution < 1.29 is 0 Å². The van der Waals surface area contributed by atoms with Crippen molar-refractivity contribution in [3.05, 3.63) is 47.0 Å². The van der Waals surface area contributed by atoms with Crippen LogP contribution in [0.25, 0.3) is 0 Å². The predicted octanol–water partition coefficient (Wildman–Crippen LogP) is 3.68. The summed E-state index contributed by atoms with van der Waals surface area (Å²) in [5, 5.41) is 0.778. The summed E-state index contributed by atoms with van der Waals surface area (Å²) in [6.07, 6.45) is 4.91. The largest absolute Gasteiger partial charge is 0.122 e. The van der Waals surface area contributed by atoms with Crippen molar-refractivity contribution in [3.63, 3.8) is 0 Å². The van der Waals surface area contributed by atoms with Crippen LogP contribution in [-0.2, 0) is 6.42 Å². The number of rotatable bonds is 3. The molecule has 64 valence electrons. The van der Waals surface area contributed by atoms with Crippen LogP contribution in [0.15, 0.2) is 36.4 Å². The Bertz CT molecular complexity index is 249. The van der Waals surface area contributed by atoms with Crippen LogP contribution in [0.3, 0.4) is 0 Å². The first kappa shape index (κ1) is 9.63. The zero-order chi connectivity index (χ0) is 8.81. The van der Waals surface area contributed by atoms with Crippen LogP contribution in [-0.4, -0.2) is 5.88 Å². The number of alkyl halides is 1. The molecule has 0 aromatic heterocycles. The summed E-state index contributed by atoms with van der Waals surface area (Å²) in [6.45, 7) is 0. The molecule has 0 aliphatic heterocycles. The standard InChI is InChI=1S/C10H10Cl2/c11-8-2-1-3-9-4-6-10(12)7-5-9/h1-2,4-7H,3,8H2. The maximum atomic E-state index is 5.73. The van der Waals surface area contributed by atoms with Crippen LogP contribution in [0.5, 0.6) is 0 Å². The molecular formula is C10H10Cl2. The molecule has 0 atom stereocenters. The monoisotopic (exact) mass is 200 g/mol. The molecule has 1 aromatic carbocycles. The van der Waals surface area contributed by atoms with E-state index in [0.29, 0.717) is 5.88 Å². The maximum absolute atomic E-state index is 5.73. The minimum absolute atomic E-state index is 0.577. The number of halogens is 2. The third-order valence-electron chi connectivity index (χ3n) is 1.52. The van der Waals surface area contributed by atoms with Gasteiger partial charge in [0.2, 0.25) is 0 Å². The van der Waals surface area contributed by atoms with Crippen molar-refractivity contribution in [3.8, 4) is 0 Å². The summed E-state index contributed by atoms with van der Waals surface area (Å²) < 4.78 is 0. The summed E-state index contributed by atoms with van der Waals surface area (Å²) in [6, 6.07) is 7.82. The summed E-state index contributed by atoms with van der Waals surface area (Å²) in [5.74, 6) is 0.577. The van der Waals surface area contributed by atoms with Crippen LogP contribution in [0.1, 0.15) is 5.56 Å². The third kappa shape index (κ3) is 3.29. The molecule has 0 heterocycles. The molecule has 1 rings (SSSR count). The molecule has 0 aliphatic rings. The second kappa shape index (κ2) is 5.23. The van der Waals surface area contributed by atoms with Gasteiger partial charge in [-0.25, -0.2) is 0 Å². The van der Waals surface area contributed by atoms with Crippen molar-refractivity contribution in [1.82, 2.24) is 0 Å². The first-order valence-corrected chi connectivity index (χ1v) is 4.69. The highest BCUT2D eigenvalue weighted by Crippen LogP contribution is 2.09. The van der Waals surface area contributed by atoms with E-state index in [2.05, 4.69) is 6.08 Å². The van der Waals surface area contributed by atoms with Gasteiger partial charge in [0, 0.05) is 10.9 Å². The van der Waals surface area contributed by atoms with E-state index in [9.17, 15) is 0 Å². The van der Waals surface area contributed by atoms with E-state index in [1.165, 1.54) is 5.56 Å². The zero-order valence-corrected chi connectivity index (χ0v) is 8.15. The summed E-state index contributed by atoms with van der Waals surface area (Å²) >= 11 is 11.2. The lowest BCUT2D eigenvalue weighted by molar-refractivity contribution is 1.26. The lowest BCUT2D eigenvalue weighted by Crippen LogP contribution is -1.79. The fraction of sp³-hybridized carbons (Fsp3) is 0.200. The van der Waals surface area contributed by atoms with Gasteiger partial charge >= 0.3 is 0 Å². The lowest BCUT2D eigenvalue weighted by Gasteiger charge is -1.95. The van der Waals surface area contributed by atoms with E-state index in [0.717, 1.165) is 11.4 Å². The van der Waals surface area contributed by atoms with Gasteiger partial charge in [0.05, 0.1) is 0 Å². The number of benzene rings is 1. The molecule has 0 radical (unpaired) electrons. The van der Waals surface area contributed by atoms with E-state index >= 15 is 0 Å². The molecule has 0 bridgehead atoms. The van der Waals surface area contributed by atoms with Crippen LogP contribution in [0.4, 0.5) is 0 Å². The Kier molecular flexibility index (Phi) is 4.20. The van der Waals surface area contributed by atoms with Gasteiger partial charge in [0.25, 0.3) is 0 Å². The Morgan fingerprint density at radius 3 is 2.33 bits per heavy atom. The van der Waals surface area contributed by atoms with E-state index < -0.39 is 0 Å². The molecule has 12 heavy (non-hydrogen) atoms. The fourth-order valence-electron chi connectivity index (χ4n) is 0.903. The van der Waals surface area contributed by atoms with Crippen LogP contribution in [0, 0.1) is 0 Å². The van der Waals surface area contributed by atoms with E-state index in [1.807, 2.05) is 30.3 Å². The number of hydrogen-bond acceptors (Lipinski definition) is 0. The molecule has 0 fully saturated rings. The lowest BCUT2D eigenvalue weighted by atomic mass is 10.1. The molecule has 0 N–H and O–H groups in total. The van der Waals surface area contributed by atoms with Gasteiger partial charge in [-0.05, 0) is 24.1 Å². The van der Waals surface area contributed by atoms with Gasteiger partial charge in [-0.15, -0.1) is 11.6 Å². The fourth-order valence-corrected chi connectivity index (χ4v) is 1.15. The molecule has 0 saturated carbocycles. The highest BCUT2D eigenvalue weighted by atomic mass is 35.5. The Morgan fingerprint density at radius 1 is 1.08 bits per heavy atom. The quantitative estimate of drug-likeness (QED) is 0.516. The summed E-state index contributed by atoms with van der Waals surface area (Å²) in [7, 11) is 0. The second-order valence-electron chi connectivity index (χ2n) is 2.46. The van der Waals surface area contributed by atoms with Gasteiger partial charge in [-0.2, -0.15) is 0 Å². The topological polar surface area (TPSA) is 0 Å². The average Bonchev–Trinajstić information content (AvgIpc) is 2.09. The average molecular weight is 201 g/mol. The van der Waals surface area contributed by atoms with Crippen LogP contribution >= 0.6 is 23.2 Å². The van der Waals surface area contributed by atoms with Gasteiger partial charge in [-0.3, -0.25) is 0 Å². The van der Waals surface area contributed by atoms with Crippen LogP contribution in [0.2, 0.25) is 5.02 Å². The Hall–Kier alpha value is -0.460. The Balaban J connectivity index is 2.53. The van der Waals surface area contributed by atoms with Crippen molar-refractivity contribution in [2.24, 2.45) is 0 Å². The minimum atomic E-state index is 0.577. The highest BCUT2D eigenvalue weighted by molar-refractivity contribution is 6.30. The van der Waals surface area contributed by atoms with Gasteiger partial charge in [0.15, 0.2) is 0 Å². The third-order valence-corrected chi connectivity index (χ3v) is 1.95. The molecule has 0 spiro atoms. The molecule has 0 nitrogen and oxygen atoms in total. The smallest absolute Gasteiger partial charge is 0.0406 e. The first-order valence-electron chi connectivity index (χ1n) is 3.78. The van der Waals surface area contributed by atoms with Crippen LogP contribution < -0.4 is 0 Å². The van der Waals surface area contributed by atoms with Gasteiger partial charge in [-0.1, -0.05) is 35.9 Å². The number of hydrogen-bond donors (Lipinski definition) is 0. The van der Waals surface area contributed by atoms with Gasteiger partial charge in [0.1, 0.15) is 0 Å². The predicted molar refractivity (Wildman–Crippen MR) is 55.0 cm³/mol. The Labute approximate surface area is 82.8 Å². The van der Waals surface area contributed by atoms with Gasteiger partial charge < -0.3 is 0 Å². The van der Waals surface area contributed by atoms with E-state index in [1.54, 1.807) is 0 Å². The normalized spacial score (nSPS) is 10.8. The SMILES string of the molecule is ClCC=CCc1ccc(Cl)cc1.